The third-order valence-corrected chi connectivity index (χ3v) is 4.65. The highest BCUT2D eigenvalue weighted by atomic mass is 79.9. The van der Waals surface area contributed by atoms with Crippen LogP contribution in [-0.2, 0) is 0 Å². The highest BCUT2D eigenvalue weighted by Gasteiger charge is 2.54. The maximum absolute atomic E-state index is 10.7. The lowest BCUT2D eigenvalue weighted by atomic mass is 9.61. The van der Waals surface area contributed by atoms with Crippen molar-refractivity contribution in [3.8, 4) is 0 Å². The number of rotatable bonds is 1. The van der Waals surface area contributed by atoms with Gasteiger partial charge in [0, 0.05) is 24.6 Å². The van der Waals surface area contributed by atoms with E-state index >= 15 is 0 Å². The molecule has 0 unspecified atom stereocenters. The molecule has 1 spiro atoms. The summed E-state index contributed by atoms with van der Waals surface area (Å²) in [6.07, 6.45) is 1.23. The zero-order valence-electron chi connectivity index (χ0n) is 8.94. The summed E-state index contributed by atoms with van der Waals surface area (Å²) in [5.74, 6) is 0. The number of carbonyl (C=O) groups is 1. The second-order valence-corrected chi connectivity index (χ2v) is 6.56. The Kier molecular flexibility index (Phi) is 2.52. The Hall–Kier alpha value is -0.560. The Labute approximate surface area is 115 Å². The van der Waals surface area contributed by atoms with Gasteiger partial charge in [-0.3, -0.25) is 4.68 Å². The van der Waals surface area contributed by atoms with Crippen LogP contribution < -0.4 is 0 Å². The van der Waals surface area contributed by atoms with Gasteiger partial charge in [0.25, 0.3) is 0 Å². The maximum Gasteiger partial charge on any atom is 0.407 e. The molecule has 0 bridgehead atoms. The van der Waals surface area contributed by atoms with E-state index in [1.165, 1.54) is 4.90 Å². The van der Waals surface area contributed by atoms with Crippen molar-refractivity contribution in [1.29, 1.82) is 0 Å². The van der Waals surface area contributed by atoms with Crippen LogP contribution in [0.5, 0.6) is 0 Å². The Bertz CT molecular complexity index is 474. The van der Waals surface area contributed by atoms with Gasteiger partial charge in [-0.15, -0.1) is 0 Å². The number of hydrogen-bond donors (Lipinski definition) is 1. The number of carboxylic acid groups (broad SMARTS) is 1. The second kappa shape index (κ2) is 3.71. The lowest BCUT2D eigenvalue weighted by Gasteiger charge is -2.58. The van der Waals surface area contributed by atoms with Gasteiger partial charge in [-0.1, -0.05) is 0 Å². The predicted octanol–water partition coefficient (Wildman–Crippen LogP) is 2.72. The topological polar surface area (TPSA) is 58.4 Å². The number of hydrogen-bond acceptors (Lipinski definition) is 2. The molecule has 1 aromatic rings. The summed E-state index contributed by atoms with van der Waals surface area (Å²) in [4.78, 5) is 12.2. The number of halogens is 2. The van der Waals surface area contributed by atoms with E-state index < -0.39 is 6.09 Å². The van der Waals surface area contributed by atoms with Crippen molar-refractivity contribution in [3.63, 3.8) is 0 Å². The highest BCUT2D eigenvalue weighted by molar-refractivity contribution is 9.11. The summed E-state index contributed by atoms with van der Waals surface area (Å²) < 4.78 is 3.77. The molecule has 1 N–H and O–H groups in total. The fraction of sp³-hybridized carbons (Fsp3) is 0.600. The minimum Gasteiger partial charge on any atom is -0.465 e. The van der Waals surface area contributed by atoms with Gasteiger partial charge < -0.3 is 10.0 Å². The molecule has 5 nitrogen and oxygen atoms in total. The largest absolute Gasteiger partial charge is 0.465 e. The molecule has 92 valence electrons. The van der Waals surface area contributed by atoms with Crippen molar-refractivity contribution < 1.29 is 9.90 Å². The van der Waals surface area contributed by atoms with E-state index in [-0.39, 0.29) is 5.41 Å². The van der Waals surface area contributed by atoms with Gasteiger partial charge in [0.1, 0.15) is 9.21 Å². The first-order chi connectivity index (χ1) is 7.99. The molecule has 1 saturated heterocycles. The average Bonchev–Trinajstić information content (AvgIpc) is 2.40. The second-order valence-electron chi connectivity index (χ2n) is 4.94. The van der Waals surface area contributed by atoms with Crippen LogP contribution in [0.2, 0.25) is 0 Å². The molecule has 1 saturated carbocycles. The molecular formula is C10H11Br2N3O2. The Morgan fingerprint density at radius 1 is 1.47 bits per heavy atom. The monoisotopic (exact) mass is 363 g/mol. The van der Waals surface area contributed by atoms with Crippen LogP contribution in [0.1, 0.15) is 18.9 Å². The summed E-state index contributed by atoms with van der Waals surface area (Å²) in [6, 6.07) is 2.32. The van der Waals surface area contributed by atoms with Crippen molar-refractivity contribution in [2.75, 3.05) is 13.1 Å². The molecule has 17 heavy (non-hydrogen) atoms. The minimum absolute atomic E-state index is 0.223. The molecule has 2 heterocycles. The third-order valence-electron chi connectivity index (χ3n) is 3.67. The van der Waals surface area contributed by atoms with E-state index in [4.69, 9.17) is 5.11 Å². The van der Waals surface area contributed by atoms with Gasteiger partial charge in [-0.25, -0.2) is 4.79 Å². The lowest BCUT2D eigenvalue weighted by Crippen LogP contribution is -2.63. The first-order valence-corrected chi connectivity index (χ1v) is 6.96. The van der Waals surface area contributed by atoms with Gasteiger partial charge >= 0.3 is 6.09 Å². The minimum atomic E-state index is -0.804. The van der Waals surface area contributed by atoms with E-state index in [1.54, 1.807) is 0 Å². The van der Waals surface area contributed by atoms with Gasteiger partial charge in [0.05, 0.1) is 6.04 Å². The van der Waals surface area contributed by atoms with Crippen LogP contribution in [-0.4, -0.2) is 39.0 Å². The van der Waals surface area contributed by atoms with Crippen molar-refractivity contribution in [2.45, 2.75) is 18.9 Å². The van der Waals surface area contributed by atoms with Gasteiger partial charge in [0.15, 0.2) is 0 Å². The van der Waals surface area contributed by atoms with E-state index in [2.05, 4.69) is 37.0 Å². The van der Waals surface area contributed by atoms with Crippen molar-refractivity contribution in [2.24, 2.45) is 5.41 Å². The van der Waals surface area contributed by atoms with Gasteiger partial charge in [-0.05, 0) is 44.7 Å². The van der Waals surface area contributed by atoms with Crippen LogP contribution in [0.4, 0.5) is 4.79 Å². The van der Waals surface area contributed by atoms with Crippen molar-refractivity contribution in [3.05, 3.63) is 15.3 Å². The summed E-state index contributed by atoms with van der Waals surface area (Å²) in [5, 5.41) is 13.2. The summed E-state index contributed by atoms with van der Waals surface area (Å²) >= 11 is 6.82. The van der Waals surface area contributed by atoms with Crippen LogP contribution in [0.25, 0.3) is 0 Å². The molecule has 2 aliphatic rings. The molecule has 0 atom stereocenters. The average molecular weight is 365 g/mol. The number of aromatic nitrogens is 2. The molecule has 3 rings (SSSR count). The number of nitrogens with zero attached hydrogens (tertiary/aromatic N) is 3. The third kappa shape index (κ3) is 1.79. The fourth-order valence-corrected chi connectivity index (χ4v) is 4.15. The highest BCUT2D eigenvalue weighted by Crippen LogP contribution is 2.54. The quantitative estimate of drug-likeness (QED) is 0.833. The smallest absolute Gasteiger partial charge is 0.407 e. The normalized spacial score (nSPS) is 22.4. The zero-order chi connectivity index (χ0) is 12.2. The van der Waals surface area contributed by atoms with Crippen LogP contribution in [0.3, 0.4) is 0 Å². The molecule has 2 fully saturated rings. The van der Waals surface area contributed by atoms with E-state index in [0.717, 1.165) is 22.0 Å². The van der Waals surface area contributed by atoms with E-state index in [1.807, 2.05) is 10.7 Å². The Morgan fingerprint density at radius 3 is 2.59 bits per heavy atom. The SMILES string of the molecule is O=C(O)N1CC2(CC(n3nc(Br)cc3Br)C2)C1. The predicted molar refractivity (Wildman–Crippen MR) is 67.9 cm³/mol. The summed E-state index contributed by atoms with van der Waals surface area (Å²) in [7, 11) is 0. The molecule has 1 aromatic heterocycles. The Balaban J connectivity index is 1.63. The van der Waals surface area contributed by atoms with Gasteiger partial charge in [-0.2, -0.15) is 5.10 Å². The van der Waals surface area contributed by atoms with Gasteiger partial charge in [0.2, 0.25) is 0 Å². The lowest BCUT2D eigenvalue weighted by molar-refractivity contribution is -0.0777. The zero-order valence-corrected chi connectivity index (χ0v) is 12.1. The van der Waals surface area contributed by atoms with E-state index in [0.29, 0.717) is 19.1 Å². The number of amides is 1. The molecule has 0 radical (unpaired) electrons. The molecule has 7 heteroatoms. The van der Waals surface area contributed by atoms with Crippen LogP contribution >= 0.6 is 31.9 Å². The fourth-order valence-electron chi connectivity index (χ4n) is 2.87. The molecule has 1 amide bonds. The number of likely N-dealkylation sites (tertiary alicyclic amines) is 1. The Morgan fingerprint density at radius 2 is 2.12 bits per heavy atom. The van der Waals surface area contributed by atoms with Crippen molar-refractivity contribution in [1.82, 2.24) is 14.7 Å². The first-order valence-electron chi connectivity index (χ1n) is 5.38. The van der Waals surface area contributed by atoms with Crippen LogP contribution in [0, 0.1) is 5.41 Å². The standard InChI is InChI=1S/C10H11Br2N3O2/c11-7-1-8(12)15(13-7)6-2-10(3-6)4-14(5-10)9(16)17/h1,6H,2-5H2,(H,16,17). The molecular weight excluding hydrogens is 354 g/mol. The summed E-state index contributed by atoms with van der Waals surface area (Å²) in [5.41, 5.74) is 0.223. The maximum atomic E-state index is 10.7. The molecule has 1 aliphatic carbocycles. The molecule has 0 aromatic carbocycles. The van der Waals surface area contributed by atoms with Crippen molar-refractivity contribution >= 4 is 38.0 Å². The van der Waals surface area contributed by atoms with Crippen LogP contribution in [0.15, 0.2) is 15.3 Å². The molecule has 1 aliphatic heterocycles. The van der Waals surface area contributed by atoms with E-state index in [9.17, 15) is 4.79 Å². The summed E-state index contributed by atoms with van der Waals surface area (Å²) in [6.45, 7) is 1.36. The first kappa shape index (κ1) is 11.5.